The molecule has 60 heavy (non-hydrogen) atoms. The number of hydrogen-bond donors (Lipinski definition) is 0. The van der Waals surface area contributed by atoms with Gasteiger partial charge in [-0.3, -0.25) is 0 Å². The Morgan fingerprint density at radius 2 is 0.683 bits per heavy atom. The molecule has 0 spiro atoms. The second-order valence-electron chi connectivity index (χ2n) is 15.6. The molecule has 0 radical (unpaired) electrons. The summed E-state index contributed by atoms with van der Waals surface area (Å²) in [4.78, 5) is 0. The number of fused-ring (bicyclic) bond motifs is 14. The maximum Gasteiger partial charge on any atom is 0.104 e. The van der Waals surface area contributed by atoms with E-state index in [9.17, 15) is 5.26 Å². The third-order valence-corrected chi connectivity index (χ3v) is 12.6. The Morgan fingerprint density at radius 3 is 1.23 bits per heavy atom. The molecule has 0 N–H and O–H groups in total. The van der Waals surface area contributed by atoms with Crippen LogP contribution in [0.3, 0.4) is 0 Å². The van der Waals surface area contributed by atoms with Crippen LogP contribution in [-0.4, -0.2) is 18.3 Å². The third kappa shape index (κ3) is 4.29. The molecule has 0 saturated carbocycles. The summed E-state index contributed by atoms with van der Waals surface area (Å²) in [7, 11) is 0. The topological polar surface area (TPSA) is 43.5 Å². The van der Waals surface area contributed by atoms with E-state index in [2.05, 4.69) is 225 Å². The highest BCUT2D eigenvalue weighted by Gasteiger charge is 2.26. The summed E-state index contributed by atoms with van der Waals surface area (Å²) < 4.78 is 9.44. The minimum Gasteiger partial charge on any atom is -0.309 e. The fraction of sp³-hybridized carbons (Fsp3) is 0. The van der Waals surface area contributed by atoms with Crippen LogP contribution in [0.1, 0.15) is 5.56 Å². The fourth-order valence-electron chi connectivity index (χ4n) is 10.2. The number of rotatable bonds is 4. The minimum absolute atomic E-state index is 0.603. The normalized spacial score (nSPS) is 12.0. The lowest BCUT2D eigenvalue weighted by Crippen LogP contribution is -2.05. The first-order valence-electron chi connectivity index (χ1n) is 20.4. The molecule has 0 aliphatic carbocycles. The van der Waals surface area contributed by atoms with Crippen LogP contribution in [-0.2, 0) is 0 Å². The number of para-hydroxylation sites is 6. The molecule has 0 fully saturated rings. The molecule has 0 aliphatic rings. The van der Waals surface area contributed by atoms with Crippen molar-refractivity contribution in [2.24, 2.45) is 0 Å². The number of benzene rings is 9. The van der Waals surface area contributed by atoms with Crippen molar-refractivity contribution in [2.75, 3.05) is 0 Å². The summed E-state index contributed by atoms with van der Waals surface area (Å²) in [6.07, 6.45) is 0. The SMILES string of the molecule is N#Cc1c(-n2c3ccccc3c3c2ccc2c4ccccc4n(-c4ccccc4)c23)cccc1-n1c2ccccc2c2ccc3c4ccccc4n(-c4ccccc4)c3c21. The Bertz CT molecular complexity index is 3950. The average molecular weight is 764 g/mol. The third-order valence-electron chi connectivity index (χ3n) is 12.6. The average Bonchev–Trinajstić information content (AvgIpc) is 4.04. The first-order chi connectivity index (χ1) is 29.8. The molecule has 13 aromatic rings. The lowest BCUT2D eigenvalue weighted by atomic mass is 10.1. The number of nitrogens with zero attached hydrogens (tertiary/aromatic N) is 5. The Labute approximate surface area is 344 Å². The van der Waals surface area contributed by atoms with Crippen LogP contribution in [0.5, 0.6) is 0 Å². The van der Waals surface area contributed by atoms with Gasteiger partial charge in [-0.2, -0.15) is 5.26 Å². The Hall–Kier alpha value is -8.33. The van der Waals surface area contributed by atoms with Gasteiger partial charge < -0.3 is 18.3 Å². The molecule has 4 aromatic heterocycles. The Morgan fingerprint density at radius 1 is 0.283 bits per heavy atom. The van der Waals surface area contributed by atoms with Crippen LogP contribution in [0.4, 0.5) is 0 Å². The molecule has 5 heteroatoms. The van der Waals surface area contributed by atoms with Crippen LogP contribution < -0.4 is 0 Å². The molecule has 0 atom stereocenters. The maximum atomic E-state index is 11.5. The maximum absolute atomic E-state index is 11.5. The van der Waals surface area contributed by atoms with Crippen LogP contribution in [0.2, 0.25) is 0 Å². The zero-order valence-electron chi connectivity index (χ0n) is 32.3. The molecule has 278 valence electrons. The quantitative estimate of drug-likeness (QED) is 0.176. The van der Waals surface area contributed by atoms with Crippen molar-refractivity contribution in [3.05, 3.63) is 206 Å². The van der Waals surface area contributed by atoms with Gasteiger partial charge in [0.15, 0.2) is 0 Å². The van der Waals surface area contributed by atoms with E-state index in [1.807, 2.05) is 0 Å². The standard InChI is InChI=1S/C55H33N5/c56-34-44-49(59-48-27-14-10-23-43(48)52-51(59)33-32-40-37-20-7-11-24-45(37)57(53(40)52)35-16-3-1-4-17-35)28-15-29-50(44)60-47-26-13-9-22-39(47)42-31-30-41-38-21-8-12-25-46(38)58(54(41)55(42)60)36-18-5-2-6-19-36/h1-33H. The van der Waals surface area contributed by atoms with Crippen molar-refractivity contribution >= 4 is 87.2 Å². The second-order valence-corrected chi connectivity index (χ2v) is 15.6. The molecule has 9 aromatic carbocycles. The lowest BCUT2D eigenvalue weighted by molar-refractivity contribution is 1.11. The zero-order chi connectivity index (χ0) is 39.5. The summed E-state index contributed by atoms with van der Waals surface area (Å²) >= 11 is 0. The largest absolute Gasteiger partial charge is 0.309 e. The summed E-state index contributed by atoms with van der Waals surface area (Å²) in [5.74, 6) is 0. The molecule has 0 bridgehead atoms. The van der Waals surface area contributed by atoms with Crippen molar-refractivity contribution in [3.8, 4) is 28.8 Å². The van der Waals surface area contributed by atoms with Crippen LogP contribution >= 0.6 is 0 Å². The first-order valence-corrected chi connectivity index (χ1v) is 20.4. The molecular weight excluding hydrogens is 731 g/mol. The summed E-state index contributed by atoms with van der Waals surface area (Å²) in [6.45, 7) is 0. The Kier molecular flexibility index (Phi) is 6.73. The minimum atomic E-state index is 0.603. The van der Waals surface area contributed by atoms with E-state index < -0.39 is 0 Å². The monoisotopic (exact) mass is 763 g/mol. The molecule has 4 heterocycles. The van der Waals surface area contributed by atoms with Crippen LogP contribution in [0.15, 0.2) is 200 Å². The van der Waals surface area contributed by atoms with Crippen LogP contribution in [0, 0.1) is 11.3 Å². The van der Waals surface area contributed by atoms with Gasteiger partial charge in [0.05, 0.1) is 55.5 Å². The van der Waals surface area contributed by atoms with E-state index in [1.54, 1.807) is 0 Å². The molecule has 13 rings (SSSR count). The highest BCUT2D eigenvalue weighted by Crippen LogP contribution is 2.45. The van der Waals surface area contributed by atoms with E-state index in [1.165, 1.54) is 21.5 Å². The van der Waals surface area contributed by atoms with E-state index >= 15 is 0 Å². The van der Waals surface area contributed by atoms with Gasteiger partial charge in [0.25, 0.3) is 0 Å². The predicted octanol–water partition coefficient (Wildman–Crippen LogP) is 13.9. The summed E-state index contributed by atoms with van der Waals surface area (Å²) in [5.41, 5.74) is 13.3. The Balaban J connectivity index is 1.17. The van der Waals surface area contributed by atoms with Gasteiger partial charge in [-0.25, -0.2) is 0 Å². The fourth-order valence-corrected chi connectivity index (χ4v) is 10.2. The second kappa shape index (κ2) is 12.3. The highest BCUT2D eigenvalue weighted by molar-refractivity contribution is 6.27. The van der Waals surface area contributed by atoms with Gasteiger partial charge in [0.2, 0.25) is 0 Å². The predicted molar refractivity (Wildman–Crippen MR) is 249 cm³/mol. The van der Waals surface area contributed by atoms with Gasteiger partial charge >= 0.3 is 0 Å². The van der Waals surface area contributed by atoms with E-state index in [4.69, 9.17) is 0 Å². The van der Waals surface area contributed by atoms with Crippen molar-refractivity contribution < 1.29 is 0 Å². The molecule has 0 unspecified atom stereocenters. The van der Waals surface area contributed by atoms with E-state index in [0.29, 0.717) is 5.56 Å². The summed E-state index contributed by atoms with van der Waals surface area (Å²) in [6, 6.07) is 73.9. The molecular formula is C55H33N5. The smallest absolute Gasteiger partial charge is 0.104 e. The van der Waals surface area contributed by atoms with Crippen molar-refractivity contribution in [3.63, 3.8) is 0 Å². The molecule has 5 nitrogen and oxygen atoms in total. The lowest BCUT2D eigenvalue weighted by Gasteiger charge is -2.17. The molecule has 0 aliphatic heterocycles. The molecule has 0 amide bonds. The van der Waals surface area contributed by atoms with Crippen molar-refractivity contribution in [2.45, 2.75) is 0 Å². The van der Waals surface area contributed by atoms with Gasteiger partial charge in [0, 0.05) is 54.5 Å². The molecule has 0 saturated heterocycles. The van der Waals surface area contributed by atoms with Gasteiger partial charge in [-0.1, -0.05) is 133 Å². The highest BCUT2D eigenvalue weighted by atomic mass is 15.1. The van der Waals surface area contributed by atoms with Gasteiger partial charge in [-0.05, 0) is 66.7 Å². The van der Waals surface area contributed by atoms with E-state index in [-0.39, 0.29) is 0 Å². The first kappa shape index (κ1) is 32.7. The van der Waals surface area contributed by atoms with Gasteiger partial charge in [0.1, 0.15) is 11.6 Å². The van der Waals surface area contributed by atoms with Crippen molar-refractivity contribution in [1.82, 2.24) is 18.3 Å². The summed E-state index contributed by atoms with van der Waals surface area (Å²) in [5, 5.41) is 20.9. The van der Waals surface area contributed by atoms with E-state index in [0.717, 1.165) is 88.4 Å². The van der Waals surface area contributed by atoms with Gasteiger partial charge in [-0.15, -0.1) is 0 Å². The number of hydrogen-bond acceptors (Lipinski definition) is 1. The van der Waals surface area contributed by atoms with Crippen molar-refractivity contribution in [1.29, 1.82) is 5.26 Å². The number of aromatic nitrogens is 4. The number of nitriles is 1. The zero-order valence-corrected chi connectivity index (χ0v) is 32.3. The van der Waals surface area contributed by atoms with Crippen LogP contribution in [0.25, 0.3) is 110 Å².